The van der Waals surface area contributed by atoms with Crippen molar-refractivity contribution in [2.24, 2.45) is 0 Å². The molecule has 0 unspecified atom stereocenters. The van der Waals surface area contributed by atoms with Gasteiger partial charge in [-0.05, 0) is 26.8 Å². The van der Waals surface area contributed by atoms with Crippen LogP contribution in [0.4, 0.5) is 0 Å². The van der Waals surface area contributed by atoms with Gasteiger partial charge in [0.05, 0.1) is 6.10 Å². The fourth-order valence-corrected chi connectivity index (χ4v) is 2.10. The van der Waals surface area contributed by atoms with E-state index in [1.165, 1.54) is 25.9 Å². The van der Waals surface area contributed by atoms with Gasteiger partial charge in [0.2, 0.25) is 0 Å². The van der Waals surface area contributed by atoms with Gasteiger partial charge in [-0.15, -0.1) is 0 Å². The van der Waals surface area contributed by atoms with Gasteiger partial charge in [-0.2, -0.15) is 0 Å². The average Bonchev–Trinajstić information content (AvgIpc) is 1.91. The van der Waals surface area contributed by atoms with Crippen LogP contribution in [-0.4, -0.2) is 49.8 Å². The van der Waals surface area contributed by atoms with E-state index in [1.54, 1.807) is 0 Å². The molecular weight excluding hydrogens is 164 g/mol. The lowest BCUT2D eigenvalue weighted by Gasteiger charge is -2.47. The molecule has 0 aromatic carbocycles. The molecule has 1 saturated heterocycles. The first-order valence-corrected chi connectivity index (χ1v) is 5.35. The van der Waals surface area contributed by atoms with Crippen molar-refractivity contribution in [2.75, 3.05) is 26.7 Å². The van der Waals surface area contributed by atoms with Crippen molar-refractivity contribution >= 4 is 0 Å². The van der Waals surface area contributed by atoms with E-state index in [0.717, 1.165) is 18.7 Å². The molecule has 1 heterocycles. The summed E-state index contributed by atoms with van der Waals surface area (Å²) in [6.07, 6.45) is 3.02. The van der Waals surface area contributed by atoms with Crippen molar-refractivity contribution in [3.8, 4) is 0 Å². The first-order valence-electron chi connectivity index (χ1n) is 5.35. The first kappa shape index (κ1) is 9.44. The summed E-state index contributed by atoms with van der Waals surface area (Å²) in [6, 6.07) is 1.57. The zero-order valence-electron chi connectivity index (χ0n) is 8.62. The van der Waals surface area contributed by atoms with Crippen molar-refractivity contribution in [1.82, 2.24) is 10.2 Å². The second-order valence-corrected chi connectivity index (χ2v) is 4.18. The van der Waals surface area contributed by atoms with Gasteiger partial charge in [0, 0.05) is 31.8 Å². The van der Waals surface area contributed by atoms with Crippen LogP contribution in [0.15, 0.2) is 0 Å². The van der Waals surface area contributed by atoms with Crippen LogP contribution in [0.5, 0.6) is 0 Å². The minimum absolute atomic E-state index is 0.547. The van der Waals surface area contributed by atoms with E-state index in [-0.39, 0.29) is 0 Å². The molecule has 0 aromatic heterocycles. The topological polar surface area (TPSA) is 24.5 Å². The molecule has 3 heteroatoms. The molecule has 76 valence electrons. The molecule has 0 bridgehead atoms. The summed E-state index contributed by atoms with van der Waals surface area (Å²) in [4.78, 5) is 2.52. The first-order chi connectivity index (χ1) is 6.31. The highest BCUT2D eigenvalue weighted by molar-refractivity contribution is 4.93. The van der Waals surface area contributed by atoms with Crippen LogP contribution in [0, 0.1) is 0 Å². The number of nitrogens with one attached hydrogen (secondary N) is 1. The predicted octanol–water partition coefficient (Wildman–Crippen LogP) is 0.457. The molecule has 13 heavy (non-hydrogen) atoms. The summed E-state index contributed by atoms with van der Waals surface area (Å²) in [6.45, 7) is 5.29. The van der Waals surface area contributed by atoms with Crippen molar-refractivity contribution in [3.05, 3.63) is 0 Å². The molecule has 1 aliphatic heterocycles. The lowest BCUT2D eigenvalue weighted by Crippen LogP contribution is -2.61. The van der Waals surface area contributed by atoms with Gasteiger partial charge < -0.3 is 10.1 Å². The van der Waals surface area contributed by atoms with Crippen LogP contribution in [-0.2, 0) is 4.74 Å². The molecule has 1 N–H and O–H groups in total. The van der Waals surface area contributed by atoms with Gasteiger partial charge >= 0.3 is 0 Å². The summed E-state index contributed by atoms with van der Waals surface area (Å²) in [7, 11) is 2.25. The second kappa shape index (κ2) is 3.95. The number of ether oxygens (including phenoxy) is 1. The predicted molar refractivity (Wildman–Crippen MR) is 52.9 cm³/mol. The smallest absolute Gasteiger partial charge is 0.0604 e. The van der Waals surface area contributed by atoms with Gasteiger partial charge in [-0.1, -0.05) is 0 Å². The Bertz CT molecular complexity index is 164. The van der Waals surface area contributed by atoms with Crippen LogP contribution < -0.4 is 5.32 Å². The molecule has 0 aromatic rings. The van der Waals surface area contributed by atoms with Gasteiger partial charge in [0.25, 0.3) is 0 Å². The van der Waals surface area contributed by atoms with E-state index in [1.807, 2.05) is 0 Å². The Morgan fingerprint density at radius 1 is 1.31 bits per heavy atom. The van der Waals surface area contributed by atoms with E-state index in [2.05, 4.69) is 24.2 Å². The minimum Gasteiger partial charge on any atom is -0.378 e. The third-order valence-corrected chi connectivity index (χ3v) is 3.38. The normalized spacial score (nSPS) is 34.4. The van der Waals surface area contributed by atoms with Gasteiger partial charge in [0.1, 0.15) is 0 Å². The highest BCUT2D eigenvalue weighted by Gasteiger charge is 2.36. The van der Waals surface area contributed by atoms with Crippen molar-refractivity contribution in [1.29, 1.82) is 0 Å². The van der Waals surface area contributed by atoms with E-state index in [9.17, 15) is 0 Å². The van der Waals surface area contributed by atoms with Gasteiger partial charge in [0.15, 0.2) is 0 Å². The number of hydrogen-bond acceptors (Lipinski definition) is 3. The molecule has 2 rings (SSSR count). The lowest BCUT2D eigenvalue weighted by atomic mass is 9.86. The quantitative estimate of drug-likeness (QED) is 0.687. The maximum absolute atomic E-state index is 5.55. The van der Waals surface area contributed by atoms with E-state index >= 15 is 0 Å². The lowest BCUT2D eigenvalue weighted by molar-refractivity contribution is -0.0547. The summed E-state index contributed by atoms with van der Waals surface area (Å²) in [5, 5.41) is 3.31. The Morgan fingerprint density at radius 2 is 2.00 bits per heavy atom. The fourth-order valence-electron chi connectivity index (χ4n) is 2.10. The Labute approximate surface area is 80.4 Å². The van der Waals surface area contributed by atoms with Crippen molar-refractivity contribution in [3.63, 3.8) is 0 Å². The van der Waals surface area contributed by atoms with E-state index < -0.39 is 0 Å². The van der Waals surface area contributed by atoms with E-state index in [4.69, 9.17) is 4.74 Å². The summed E-state index contributed by atoms with van der Waals surface area (Å²) >= 11 is 0. The van der Waals surface area contributed by atoms with Crippen LogP contribution >= 0.6 is 0 Å². The maximum atomic E-state index is 5.55. The number of nitrogens with zero attached hydrogens (tertiary/aromatic N) is 1. The molecule has 1 aliphatic carbocycles. The maximum Gasteiger partial charge on any atom is 0.0604 e. The largest absolute Gasteiger partial charge is 0.378 e. The van der Waals surface area contributed by atoms with Crippen LogP contribution in [0.25, 0.3) is 0 Å². The Balaban J connectivity index is 1.66. The number of rotatable bonds is 4. The molecule has 2 fully saturated rings. The molecule has 0 spiro atoms. The second-order valence-electron chi connectivity index (χ2n) is 4.18. The summed E-state index contributed by atoms with van der Waals surface area (Å²) in [5.41, 5.74) is 0. The van der Waals surface area contributed by atoms with Crippen LogP contribution in [0.1, 0.15) is 19.8 Å². The zero-order valence-corrected chi connectivity index (χ0v) is 8.62. The minimum atomic E-state index is 0.547. The average molecular weight is 184 g/mol. The molecule has 0 amide bonds. The molecule has 0 radical (unpaired) electrons. The third-order valence-electron chi connectivity index (χ3n) is 3.38. The van der Waals surface area contributed by atoms with Gasteiger partial charge in [-0.3, -0.25) is 4.90 Å². The monoisotopic (exact) mass is 184 g/mol. The highest BCUT2D eigenvalue weighted by atomic mass is 16.5. The molecular formula is C10H20N2O. The zero-order chi connectivity index (χ0) is 9.26. The summed E-state index contributed by atoms with van der Waals surface area (Å²) in [5.74, 6) is 0. The Hall–Kier alpha value is -0.120. The molecule has 3 nitrogen and oxygen atoms in total. The van der Waals surface area contributed by atoms with Crippen LogP contribution in [0.3, 0.4) is 0 Å². The fraction of sp³-hybridized carbons (Fsp3) is 1.00. The molecule has 2 aliphatic rings. The number of hydrogen-bond donors (Lipinski definition) is 1. The highest BCUT2D eigenvalue weighted by Crippen LogP contribution is 2.29. The molecule has 0 atom stereocenters. The van der Waals surface area contributed by atoms with E-state index in [0.29, 0.717) is 6.10 Å². The third kappa shape index (κ3) is 1.87. The standard InChI is InChI=1S/C10H20N2O/c1-3-13-10-4-8(5-10)12(2)9-6-11-7-9/h8-11H,3-7H2,1-2H3. The summed E-state index contributed by atoms with van der Waals surface area (Å²) < 4.78 is 5.55. The van der Waals surface area contributed by atoms with Crippen molar-refractivity contribution < 1.29 is 4.74 Å². The van der Waals surface area contributed by atoms with Crippen molar-refractivity contribution in [2.45, 2.75) is 38.0 Å². The number of likely N-dealkylation sites (N-methyl/N-ethyl adjacent to an activating group) is 1. The van der Waals surface area contributed by atoms with Crippen LogP contribution in [0.2, 0.25) is 0 Å². The molecule has 1 saturated carbocycles. The Morgan fingerprint density at radius 3 is 2.46 bits per heavy atom. The SMILES string of the molecule is CCOC1CC(N(C)C2CNC2)C1. The Kier molecular flexibility index (Phi) is 2.86. The van der Waals surface area contributed by atoms with Gasteiger partial charge in [-0.25, -0.2) is 0 Å².